The van der Waals surface area contributed by atoms with E-state index in [9.17, 15) is 9.59 Å². The number of piperazine rings is 1. The molecule has 1 atom stereocenters. The molecule has 0 radical (unpaired) electrons. The van der Waals surface area contributed by atoms with Crippen molar-refractivity contribution >= 4 is 11.8 Å². The maximum atomic E-state index is 11.4. The van der Waals surface area contributed by atoms with Gasteiger partial charge in [0.15, 0.2) is 0 Å². The quantitative estimate of drug-likeness (QED) is 0.563. The average molecular weight is 199 g/mol. The molecule has 5 heteroatoms. The molecule has 80 valence electrons. The third-order valence-electron chi connectivity index (χ3n) is 2.70. The standard InChI is InChI=1S/C9H17N3O2/c1-6-8(14)11-7(13)4-12(6)9(2,3)5-10/h6H,4-5,10H2,1-3H3,(H,11,13,14). The van der Waals surface area contributed by atoms with Gasteiger partial charge in [0, 0.05) is 12.1 Å². The third-order valence-corrected chi connectivity index (χ3v) is 2.70. The second kappa shape index (κ2) is 3.67. The highest BCUT2D eigenvalue weighted by Crippen LogP contribution is 2.18. The molecule has 2 amide bonds. The number of amides is 2. The van der Waals surface area contributed by atoms with E-state index in [0.717, 1.165) is 0 Å². The van der Waals surface area contributed by atoms with Crippen molar-refractivity contribution in [3.8, 4) is 0 Å². The summed E-state index contributed by atoms with van der Waals surface area (Å²) in [6, 6.07) is -0.300. The van der Waals surface area contributed by atoms with E-state index in [4.69, 9.17) is 5.73 Å². The maximum absolute atomic E-state index is 11.4. The summed E-state index contributed by atoms with van der Waals surface area (Å²) in [5, 5.41) is 2.29. The van der Waals surface area contributed by atoms with Crippen molar-refractivity contribution in [3.05, 3.63) is 0 Å². The van der Waals surface area contributed by atoms with Crippen molar-refractivity contribution in [2.24, 2.45) is 5.73 Å². The van der Waals surface area contributed by atoms with Gasteiger partial charge in [0.2, 0.25) is 11.8 Å². The number of rotatable bonds is 2. The summed E-state index contributed by atoms with van der Waals surface area (Å²) in [5.74, 6) is -0.502. The Morgan fingerprint density at radius 2 is 2.14 bits per heavy atom. The first kappa shape index (κ1) is 11.1. The van der Waals surface area contributed by atoms with Crippen molar-refractivity contribution in [3.63, 3.8) is 0 Å². The number of hydrogen-bond acceptors (Lipinski definition) is 4. The smallest absolute Gasteiger partial charge is 0.243 e. The van der Waals surface area contributed by atoms with Crippen molar-refractivity contribution < 1.29 is 9.59 Å². The van der Waals surface area contributed by atoms with Crippen LogP contribution < -0.4 is 11.1 Å². The minimum atomic E-state index is -0.327. The first-order valence-corrected chi connectivity index (χ1v) is 4.69. The van der Waals surface area contributed by atoms with E-state index in [-0.39, 0.29) is 29.9 Å². The van der Waals surface area contributed by atoms with Gasteiger partial charge < -0.3 is 5.73 Å². The maximum Gasteiger partial charge on any atom is 0.243 e. The molecule has 1 aliphatic rings. The SMILES string of the molecule is CC1C(=O)NC(=O)CN1C(C)(C)CN. The molecule has 3 N–H and O–H groups in total. The lowest BCUT2D eigenvalue weighted by atomic mass is 9.99. The molecular weight excluding hydrogens is 182 g/mol. The van der Waals surface area contributed by atoms with E-state index in [0.29, 0.717) is 6.54 Å². The second-order valence-electron chi connectivity index (χ2n) is 4.23. The second-order valence-corrected chi connectivity index (χ2v) is 4.23. The number of nitrogens with two attached hydrogens (primary N) is 1. The van der Waals surface area contributed by atoms with Gasteiger partial charge in [-0.3, -0.25) is 19.8 Å². The number of carbonyl (C=O) groups is 2. The molecule has 1 heterocycles. The molecule has 1 rings (SSSR count). The summed E-state index contributed by atoms with van der Waals surface area (Å²) < 4.78 is 0. The molecule has 1 aliphatic heterocycles. The van der Waals surface area contributed by atoms with E-state index < -0.39 is 0 Å². The minimum absolute atomic E-state index is 0.233. The summed E-state index contributed by atoms with van der Waals surface area (Å²) in [7, 11) is 0. The van der Waals surface area contributed by atoms with E-state index in [1.807, 2.05) is 18.7 Å². The average Bonchev–Trinajstić information content (AvgIpc) is 2.11. The summed E-state index contributed by atoms with van der Waals surface area (Å²) in [6.07, 6.45) is 0. The van der Waals surface area contributed by atoms with Crippen LogP contribution in [0.5, 0.6) is 0 Å². The number of carbonyl (C=O) groups excluding carboxylic acids is 2. The lowest BCUT2D eigenvalue weighted by molar-refractivity contribution is -0.142. The van der Waals surface area contributed by atoms with Crippen LogP contribution in [0.15, 0.2) is 0 Å². The molecule has 0 aliphatic carbocycles. The van der Waals surface area contributed by atoms with Crippen molar-refractivity contribution in [2.45, 2.75) is 32.4 Å². The number of nitrogens with one attached hydrogen (secondary N) is 1. The molecular formula is C9H17N3O2. The van der Waals surface area contributed by atoms with Crippen LogP contribution in [0.4, 0.5) is 0 Å². The van der Waals surface area contributed by atoms with Gasteiger partial charge in [0.1, 0.15) is 0 Å². The van der Waals surface area contributed by atoms with Crippen LogP contribution in [0, 0.1) is 0 Å². The Morgan fingerprint density at radius 1 is 1.57 bits per heavy atom. The van der Waals surface area contributed by atoms with Crippen molar-refractivity contribution in [1.82, 2.24) is 10.2 Å². The third kappa shape index (κ3) is 1.93. The van der Waals surface area contributed by atoms with E-state index in [1.165, 1.54) is 0 Å². The Hall–Kier alpha value is -0.940. The monoisotopic (exact) mass is 199 g/mol. The fourth-order valence-corrected chi connectivity index (χ4v) is 1.57. The van der Waals surface area contributed by atoms with Crippen LogP contribution in [-0.2, 0) is 9.59 Å². The van der Waals surface area contributed by atoms with Crippen molar-refractivity contribution in [1.29, 1.82) is 0 Å². The van der Waals surface area contributed by atoms with Gasteiger partial charge >= 0.3 is 0 Å². The first-order chi connectivity index (χ1) is 6.38. The van der Waals surface area contributed by atoms with Crippen LogP contribution in [-0.4, -0.2) is 41.4 Å². The number of imide groups is 1. The normalized spacial score (nSPS) is 25.0. The number of hydrogen-bond donors (Lipinski definition) is 2. The molecule has 0 aromatic rings. The zero-order valence-electron chi connectivity index (χ0n) is 8.83. The van der Waals surface area contributed by atoms with Gasteiger partial charge in [-0.05, 0) is 20.8 Å². The Bertz CT molecular complexity index is 263. The van der Waals surface area contributed by atoms with Crippen LogP contribution >= 0.6 is 0 Å². The predicted molar refractivity (Wildman–Crippen MR) is 52.5 cm³/mol. The highest BCUT2D eigenvalue weighted by Gasteiger charge is 2.38. The van der Waals surface area contributed by atoms with Crippen LogP contribution in [0.3, 0.4) is 0 Å². The summed E-state index contributed by atoms with van der Waals surface area (Å²) >= 11 is 0. The Kier molecular flexibility index (Phi) is 2.92. The van der Waals surface area contributed by atoms with Gasteiger partial charge in [-0.15, -0.1) is 0 Å². The largest absolute Gasteiger partial charge is 0.329 e. The zero-order valence-corrected chi connectivity index (χ0v) is 8.83. The summed E-state index contributed by atoms with van der Waals surface area (Å²) in [5.41, 5.74) is 5.28. The van der Waals surface area contributed by atoms with Crippen LogP contribution in [0.2, 0.25) is 0 Å². The molecule has 1 saturated heterocycles. The lowest BCUT2D eigenvalue weighted by Crippen LogP contribution is -2.64. The molecule has 0 spiro atoms. The van der Waals surface area contributed by atoms with Gasteiger partial charge in [-0.25, -0.2) is 0 Å². The Balaban J connectivity index is 2.86. The topological polar surface area (TPSA) is 75.4 Å². The lowest BCUT2D eigenvalue weighted by Gasteiger charge is -2.42. The van der Waals surface area contributed by atoms with Crippen LogP contribution in [0.1, 0.15) is 20.8 Å². The predicted octanol–water partition coefficient (Wildman–Crippen LogP) is -0.929. The van der Waals surface area contributed by atoms with Gasteiger partial charge in [-0.2, -0.15) is 0 Å². The number of nitrogens with zero attached hydrogens (tertiary/aromatic N) is 1. The van der Waals surface area contributed by atoms with E-state index in [1.54, 1.807) is 6.92 Å². The molecule has 1 unspecified atom stereocenters. The molecule has 14 heavy (non-hydrogen) atoms. The molecule has 5 nitrogen and oxygen atoms in total. The fraction of sp³-hybridized carbons (Fsp3) is 0.778. The van der Waals surface area contributed by atoms with E-state index in [2.05, 4.69) is 5.32 Å². The van der Waals surface area contributed by atoms with Gasteiger partial charge in [0.05, 0.1) is 12.6 Å². The van der Waals surface area contributed by atoms with Crippen LogP contribution in [0.25, 0.3) is 0 Å². The first-order valence-electron chi connectivity index (χ1n) is 4.69. The van der Waals surface area contributed by atoms with E-state index >= 15 is 0 Å². The molecule has 0 saturated carbocycles. The van der Waals surface area contributed by atoms with Gasteiger partial charge in [-0.1, -0.05) is 0 Å². The molecule has 0 aromatic carbocycles. The van der Waals surface area contributed by atoms with Crippen molar-refractivity contribution in [2.75, 3.05) is 13.1 Å². The fourth-order valence-electron chi connectivity index (χ4n) is 1.57. The summed E-state index contributed by atoms with van der Waals surface area (Å²) in [6.45, 7) is 6.28. The highest BCUT2D eigenvalue weighted by atomic mass is 16.2. The Morgan fingerprint density at radius 3 is 2.64 bits per heavy atom. The zero-order chi connectivity index (χ0) is 10.9. The molecule has 0 aromatic heterocycles. The van der Waals surface area contributed by atoms with Gasteiger partial charge in [0.25, 0.3) is 0 Å². The summed E-state index contributed by atoms with van der Waals surface area (Å²) in [4.78, 5) is 24.4. The molecule has 0 bridgehead atoms. The molecule has 1 fully saturated rings. The Labute approximate surface area is 83.6 Å². The highest BCUT2D eigenvalue weighted by molar-refractivity contribution is 6.00. The minimum Gasteiger partial charge on any atom is -0.329 e.